The SMILES string of the molecule is c1ccc(-c2ccc3c(c2)Sc2ccccc2C32c3ccccc3Sc3cc(-c4ccccc4)ccc32)cc1. The van der Waals surface area contributed by atoms with Crippen LogP contribution >= 0.6 is 23.5 Å². The minimum absolute atomic E-state index is 0.376. The summed E-state index contributed by atoms with van der Waals surface area (Å²) < 4.78 is 0. The quantitative estimate of drug-likeness (QED) is 0.217. The fourth-order valence-corrected chi connectivity index (χ4v) is 8.76. The molecule has 0 aromatic heterocycles. The zero-order chi connectivity index (χ0) is 25.8. The molecule has 6 aromatic carbocycles. The van der Waals surface area contributed by atoms with Gasteiger partial charge in [0.05, 0.1) is 5.41 Å². The molecule has 8 rings (SSSR count). The van der Waals surface area contributed by atoms with Gasteiger partial charge in [-0.2, -0.15) is 0 Å². The summed E-state index contributed by atoms with van der Waals surface area (Å²) >= 11 is 3.80. The lowest BCUT2D eigenvalue weighted by Gasteiger charge is -2.45. The molecular weight excluding hydrogens is 509 g/mol. The average molecular weight is 533 g/mol. The zero-order valence-corrected chi connectivity index (χ0v) is 22.8. The Morgan fingerprint density at radius 3 is 1.15 bits per heavy atom. The molecule has 0 radical (unpaired) electrons. The van der Waals surface area contributed by atoms with Crippen LogP contribution in [0.1, 0.15) is 22.3 Å². The number of benzene rings is 6. The predicted molar refractivity (Wildman–Crippen MR) is 164 cm³/mol. The first-order valence-electron chi connectivity index (χ1n) is 13.3. The lowest BCUT2D eigenvalue weighted by molar-refractivity contribution is 0.667. The molecule has 2 heterocycles. The van der Waals surface area contributed by atoms with E-state index in [4.69, 9.17) is 0 Å². The van der Waals surface area contributed by atoms with Crippen molar-refractivity contribution >= 4 is 23.5 Å². The summed E-state index contributed by atoms with van der Waals surface area (Å²) in [5.41, 5.74) is 10.1. The molecular formula is C37H24S2. The molecule has 0 fully saturated rings. The lowest BCUT2D eigenvalue weighted by atomic mass is 9.64. The van der Waals surface area contributed by atoms with Gasteiger partial charge in [0.1, 0.15) is 0 Å². The molecule has 184 valence electrons. The van der Waals surface area contributed by atoms with Crippen LogP contribution in [-0.2, 0) is 5.41 Å². The summed E-state index contributed by atoms with van der Waals surface area (Å²) in [5.74, 6) is 0. The van der Waals surface area contributed by atoms with Gasteiger partial charge in [-0.05, 0) is 68.8 Å². The highest BCUT2D eigenvalue weighted by atomic mass is 32.2. The van der Waals surface area contributed by atoms with Crippen LogP contribution in [0.5, 0.6) is 0 Å². The van der Waals surface area contributed by atoms with Crippen LogP contribution in [0.4, 0.5) is 0 Å². The Bertz CT molecular complexity index is 1720. The van der Waals surface area contributed by atoms with Crippen LogP contribution in [0.2, 0.25) is 0 Å². The third kappa shape index (κ3) is 3.49. The maximum Gasteiger partial charge on any atom is 0.0745 e. The molecule has 0 nitrogen and oxygen atoms in total. The monoisotopic (exact) mass is 532 g/mol. The molecule has 0 saturated heterocycles. The highest BCUT2D eigenvalue weighted by molar-refractivity contribution is 8.00. The normalized spacial score (nSPS) is 14.2. The van der Waals surface area contributed by atoms with Gasteiger partial charge in [-0.3, -0.25) is 0 Å². The van der Waals surface area contributed by atoms with Crippen molar-refractivity contribution < 1.29 is 0 Å². The van der Waals surface area contributed by atoms with Gasteiger partial charge in [0.25, 0.3) is 0 Å². The van der Waals surface area contributed by atoms with Crippen molar-refractivity contribution in [1.82, 2.24) is 0 Å². The highest BCUT2D eigenvalue weighted by Crippen LogP contribution is 2.62. The van der Waals surface area contributed by atoms with E-state index < -0.39 is 0 Å². The molecule has 2 aliphatic heterocycles. The largest absolute Gasteiger partial charge is 0.0894 e. The van der Waals surface area contributed by atoms with E-state index in [-0.39, 0.29) is 5.41 Å². The lowest BCUT2D eigenvalue weighted by Crippen LogP contribution is -2.36. The van der Waals surface area contributed by atoms with Gasteiger partial charge in [0.2, 0.25) is 0 Å². The fourth-order valence-electron chi connectivity index (χ4n) is 6.29. The summed E-state index contributed by atoms with van der Waals surface area (Å²) in [6, 6.07) is 53.7. The van der Waals surface area contributed by atoms with E-state index in [2.05, 4.69) is 146 Å². The molecule has 39 heavy (non-hydrogen) atoms. The van der Waals surface area contributed by atoms with Gasteiger partial charge in [-0.1, -0.05) is 145 Å². The van der Waals surface area contributed by atoms with Crippen molar-refractivity contribution in [1.29, 1.82) is 0 Å². The van der Waals surface area contributed by atoms with Gasteiger partial charge in [0, 0.05) is 19.6 Å². The second-order valence-corrected chi connectivity index (χ2v) is 12.3. The zero-order valence-electron chi connectivity index (χ0n) is 21.2. The Morgan fingerprint density at radius 2 is 0.692 bits per heavy atom. The van der Waals surface area contributed by atoms with E-state index in [9.17, 15) is 0 Å². The summed E-state index contributed by atoms with van der Waals surface area (Å²) in [6.45, 7) is 0. The van der Waals surface area contributed by atoms with Crippen molar-refractivity contribution in [3.05, 3.63) is 168 Å². The van der Waals surface area contributed by atoms with Crippen LogP contribution in [0.25, 0.3) is 22.3 Å². The summed E-state index contributed by atoms with van der Waals surface area (Å²) in [5, 5.41) is 0. The minimum Gasteiger partial charge on any atom is -0.0894 e. The van der Waals surface area contributed by atoms with Gasteiger partial charge < -0.3 is 0 Å². The van der Waals surface area contributed by atoms with E-state index >= 15 is 0 Å². The molecule has 0 N–H and O–H groups in total. The van der Waals surface area contributed by atoms with Crippen molar-refractivity contribution in [2.45, 2.75) is 25.0 Å². The van der Waals surface area contributed by atoms with E-state index in [1.165, 1.54) is 64.1 Å². The van der Waals surface area contributed by atoms with Crippen LogP contribution in [0.3, 0.4) is 0 Å². The molecule has 6 aromatic rings. The summed E-state index contributed by atoms with van der Waals surface area (Å²) in [6.07, 6.45) is 0. The molecule has 2 aliphatic rings. The molecule has 0 unspecified atom stereocenters. The highest BCUT2D eigenvalue weighted by Gasteiger charge is 2.48. The predicted octanol–water partition coefficient (Wildman–Crippen LogP) is 10.3. The second kappa shape index (κ2) is 9.05. The standard InChI is InChI=1S/C37H24S2/c1-3-11-25(12-4-1)27-19-21-31-35(23-27)38-33-17-9-7-15-29(33)37(31)30-16-8-10-18-34(30)39-36-24-28(20-22-32(36)37)26-13-5-2-6-14-26/h1-24H. The topological polar surface area (TPSA) is 0 Å². The molecule has 0 aliphatic carbocycles. The first-order valence-corrected chi connectivity index (χ1v) is 14.9. The Labute approximate surface area is 237 Å². The number of hydrogen-bond acceptors (Lipinski definition) is 2. The second-order valence-electron chi connectivity index (χ2n) is 10.1. The van der Waals surface area contributed by atoms with E-state index in [1.54, 1.807) is 0 Å². The Hall–Kier alpha value is -3.98. The van der Waals surface area contributed by atoms with Crippen molar-refractivity contribution in [3.63, 3.8) is 0 Å². The molecule has 0 atom stereocenters. The Balaban J connectivity index is 1.44. The third-order valence-electron chi connectivity index (χ3n) is 8.01. The van der Waals surface area contributed by atoms with Crippen molar-refractivity contribution in [2.75, 3.05) is 0 Å². The Kier molecular flexibility index (Phi) is 5.33. The van der Waals surface area contributed by atoms with Crippen LogP contribution in [-0.4, -0.2) is 0 Å². The van der Waals surface area contributed by atoms with Gasteiger partial charge in [0.15, 0.2) is 0 Å². The van der Waals surface area contributed by atoms with Gasteiger partial charge in [-0.15, -0.1) is 0 Å². The summed E-state index contributed by atoms with van der Waals surface area (Å²) in [7, 11) is 0. The van der Waals surface area contributed by atoms with Crippen molar-refractivity contribution in [2.24, 2.45) is 0 Å². The van der Waals surface area contributed by atoms with Crippen LogP contribution in [0, 0.1) is 0 Å². The van der Waals surface area contributed by atoms with Gasteiger partial charge >= 0.3 is 0 Å². The van der Waals surface area contributed by atoms with E-state index in [1.807, 2.05) is 23.5 Å². The molecule has 1 spiro atoms. The molecule has 0 amide bonds. The van der Waals surface area contributed by atoms with Crippen LogP contribution in [0.15, 0.2) is 165 Å². The number of hydrogen-bond donors (Lipinski definition) is 0. The maximum atomic E-state index is 2.40. The first kappa shape index (κ1) is 23.0. The average Bonchev–Trinajstić information content (AvgIpc) is 3.01. The van der Waals surface area contributed by atoms with Gasteiger partial charge in [-0.25, -0.2) is 0 Å². The van der Waals surface area contributed by atoms with E-state index in [0.29, 0.717) is 0 Å². The first-order chi connectivity index (χ1) is 19.3. The Morgan fingerprint density at radius 1 is 0.308 bits per heavy atom. The molecule has 2 heteroatoms. The minimum atomic E-state index is -0.376. The fraction of sp³-hybridized carbons (Fsp3) is 0.0270. The van der Waals surface area contributed by atoms with Crippen LogP contribution < -0.4 is 0 Å². The summed E-state index contributed by atoms with van der Waals surface area (Å²) in [4.78, 5) is 5.31. The number of fused-ring (bicyclic) bond motifs is 8. The number of rotatable bonds is 2. The smallest absolute Gasteiger partial charge is 0.0745 e. The molecule has 0 saturated carbocycles. The van der Waals surface area contributed by atoms with Crippen molar-refractivity contribution in [3.8, 4) is 22.3 Å². The third-order valence-corrected chi connectivity index (χ3v) is 10.3. The van der Waals surface area contributed by atoms with E-state index in [0.717, 1.165) is 0 Å². The maximum absolute atomic E-state index is 2.40. The molecule has 0 bridgehead atoms.